The first-order valence-corrected chi connectivity index (χ1v) is 6.93. The normalized spacial score (nSPS) is 42.8. The predicted molar refractivity (Wildman–Crippen MR) is 69.4 cm³/mol. The van der Waals surface area contributed by atoms with E-state index in [0.717, 1.165) is 12.5 Å². The standard InChI is InChI=1S/C14H28N2/c1-11-4-7-14(8-11,10-15)16-12-5-6-13(2,3)9-12/h11-12,16H,4-10,15H2,1-3H3. The van der Waals surface area contributed by atoms with E-state index in [4.69, 9.17) is 5.73 Å². The lowest BCUT2D eigenvalue weighted by molar-refractivity contribution is 0.275. The Hall–Kier alpha value is -0.0800. The van der Waals surface area contributed by atoms with Crippen molar-refractivity contribution in [3.8, 4) is 0 Å². The highest BCUT2D eigenvalue weighted by molar-refractivity contribution is 5.00. The first-order chi connectivity index (χ1) is 7.45. The molecule has 2 fully saturated rings. The van der Waals surface area contributed by atoms with Crippen LogP contribution in [0, 0.1) is 11.3 Å². The lowest BCUT2D eigenvalue weighted by atomic mass is 9.90. The van der Waals surface area contributed by atoms with Crippen LogP contribution in [-0.2, 0) is 0 Å². The Morgan fingerprint density at radius 1 is 1.19 bits per heavy atom. The number of rotatable bonds is 3. The molecule has 0 aromatic carbocycles. The van der Waals surface area contributed by atoms with Crippen molar-refractivity contribution in [1.82, 2.24) is 5.32 Å². The van der Waals surface area contributed by atoms with Crippen LogP contribution in [-0.4, -0.2) is 18.1 Å². The van der Waals surface area contributed by atoms with Gasteiger partial charge in [0.2, 0.25) is 0 Å². The van der Waals surface area contributed by atoms with Crippen molar-refractivity contribution >= 4 is 0 Å². The summed E-state index contributed by atoms with van der Waals surface area (Å²) in [5, 5.41) is 3.90. The summed E-state index contributed by atoms with van der Waals surface area (Å²) in [6.45, 7) is 7.95. The average molecular weight is 224 g/mol. The summed E-state index contributed by atoms with van der Waals surface area (Å²) in [4.78, 5) is 0. The number of nitrogens with one attached hydrogen (secondary N) is 1. The highest BCUT2D eigenvalue weighted by Crippen LogP contribution is 2.40. The second-order valence-corrected chi connectivity index (χ2v) is 7.08. The zero-order valence-corrected chi connectivity index (χ0v) is 11.2. The molecule has 2 heteroatoms. The van der Waals surface area contributed by atoms with E-state index in [1.165, 1.54) is 38.5 Å². The molecule has 3 unspecified atom stereocenters. The van der Waals surface area contributed by atoms with E-state index in [9.17, 15) is 0 Å². The average Bonchev–Trinajstić information content (AvgIpc) is 2.72. The lowest BCUT2D eigenvalue weighted by Crippen LogP contribution is -2.53. The lowest BCUT2D eigenvalue weighted by Gasteiger charge is -2.33. The predicted octanol–water partition coefficient (Wildman–Crippen LogP) is 2.67. The van der Waals surface area contributed by atoms with Gasteiger partial charge in [-0.1, -0.05) is 20.8 Å². The molecule has 0 spiro atoms. The highest BCUT2D eigenvalue weighted by Gasteiger charge is 2.40. The van der Waals surface area contributed by atoms with Gasteiger partial charge in [0, 0.05) is 18.1 Å². The number of hydrogen-bond donors (Lipinski definition) is 2. The molecule has 2 rings (SSSR count). The largest absolute Gasteiger partial charge is 0.329 e. The van der Waals surface area contributed by atoms with Gasteiger partial charge in [-0.15, -0.1) is 0 Å². The summed E-state index contributed by atoms with van der Waals surface area (Å²) in [6, 6.07) is 0.712. The van der Waals surface area contributed by atoms with E-state index in [1.807, 2.05) is 0 Å². The fraction of sp³-hybridized carbons (Fsp3) is 1.00. The zero-order valence-electron chi connectivity index (χ0n) is 11.2. The van der Waals surface area contributed by atoms with Gasteiger partial charge < -0.3 is 11.1 Å². The van der Waals surface area contributed by atoms with Crippen molar-refractivity contribution < 1.29 is 0 Å². The Labute approximate surface area is 100 Å². The third-order valence-electron chi connectivity index (χ3n) is 4.72. The molecule has 2 aliphatic carbocycles. The van der Waals surface area contributed by atoms with Gasteiger partial charge in [-0.2, -0.15) is 0 Å². The first-order valence-electron chi connectivity index (χ1n) is 6.93. The van der Waals surface area contributed by atoms with Crippen LogP contribution < -0.4 is 11.1 Å². The summed E-state index contributed by atoms with van der Waals surface area (Å²) in [6.07, 6.45) is 7.93. The molecular weight excluding hydrogens is 196 g/mol. The summed E-state index contributed by atoms with van der Waals surface area (Å²) >= 11 is 0. The number of hydrogen-bond acceptors (Lipinski definition) is 2. The van der Waals surface area contributed by atoms with E-state index in [0.29, 0.717) is 11.5 Å². The van der Waals surface area contributed by atoms with Gasteiger partial charge in [-0.3, -0.25) is 0 Å². The van der Waals surface area contributed by atoms with Crippen molar-refractivity contribution in [2.24, 2.45) is 17.1 Å². The summed E-state index contributed by atoms with van der Waals surface area (Å²) in [5.74, 6) is 0.852. The van der Waals surface area contributed by atoms with Crippen LogP contribution in [0.15, 0.2) is 0 Å². The SMILES string of the molecule is CC1CCC(CN)(NC2CCC(C)(C)C2)C1. The molecule has 3 atom stereocenters. The minimum Gasteiger partial charge on any atom is -0.329 e. The molecule has 0 bridgehead atoms. The monoisotopic (exact) mass is 224 g/mol. The molecule has 2 saturated carbocycles. The Morgan fingerprint density at radius 3 is 2.38 bits per heavy atom. The summed E-state index contributed by atoms with van der Waals surface area (Å²) < 4.78 is 0. The fourth-order valence-corrected chi connectivity index (χ4v) is 3.76. The second-order valence-electron chi connectivity index (χ2n) is 7.08. The Balaban J connectivity index is 1.93. The molecule has 2 nitrogen and oxygen atoms in total. The fourth-order valence-electron chi connectivity index (χ4n) is 3.76. The van der Waals surface area contributed by atoms with Crippen molar-refractivity contribution in [3.05, 3.63) is 0 Å². The molecule has 0 aromatic rings. The van der Waals surface area contributed by atoms with Crippen molar-refractivity contribution in [3.63, 3.8) is 0 Å². The molecule has 0 aromatic heterocycles. The van der Waals surface area contributed by atoms with Gasteiger partial charge in [0.15, 0.2) is 0 Å². The number of nitrogens with two attached hydrogens (primary N) is 1. The van der Waals surface area contributed by atoms with Crippen LogP contribution in [0.2, 0.25) is 0 Å². The quantitative estimate of drug-likeness (QED) is 0.773. The maximum Gasteiger partial charge on any atom is 0.0309 e. The van der Waals surface area contributed by atoms with Crippen LogP contribution >= 0.6 is 0 Å². The van der Waals surface area contributed by atoms with Crippen molar-refractivity contribution in [1.29, 1.82) is 0 Å². The zero-order chi connectivity index (χ0) is 11.8. The Kier molecular flexibility index (Phi) is 3.33. The Bertz CT molecular complexity index is 249. The highest BCUT2D eigenvalue weighted by atomic mass is 15.0. The minimum absolute atomic E-state index is 0.268. The van der Waals surface area contributed by atoms with Crippen molar-refractivity contribution in [2.75, 3.05) is 6.54 Å². The molecule has 94 valence electrons. The molecule has 0 radical (unpaired) electrons. The van der Waals surface area contributed by atoms with Gasteiger partial charge in [-0.05, 0) is 49.9 Å². The van der Waals surface area contributed by atoms with E-state index >= 15 is 0 Å². The van der Waals surface area contributed by atoms with Gasteiger partial charge in [0.1, 0.15) is 0 Å². The molecular formula is C14H28N2. The second kappa shape index (κ2) is 4.30. The maximum absolute atomic E-state index is 6.01. The van der Waals surface area contributed by atoms with Gasteiger partial charge in [-0.25, -0.2) is 0 Å². The van der Waals surface area contributed by atoms with Crippen LogP contribution in [0.5, 0.6) is 0 Å². The van der Waals surface area contributed by atoms with Gasteiger partial charge in [0.25, 0.3) is 0 Å². The summed E-state index contributed by atoms with van der Waals surface area (Å²) in [5.41, 5.74) is 6.82. The van der Waals surface area contributed by atoms with Crippen LogP contribution in [0.25, 0.3) is 0 Å². The van der Waals surface area contributed by atoms with E-state index in [-0.39, 0.29) is 5.54 Å². The smallest absolute Gasteiger partial charge is 0.0309 e. The molecule has 0 heterocycles. The van der Waals surface area contributed by atoms with E-state index in [1.54, 1.807) is 0 Å². The van der Waals surface area contributed by atoms with E-state index < -0.39 is 0 Å². The van der Waals surface area contributed by atoms with E-state index in [2.05, 4.69) is 26.1 Å². The molecule has 0 saturated heterocycles. The molecule has 2 aliphatic rings. The van der Waals surface area contributed by atoms with Gasteiger partial charge >= 0.3 is 0 Å². The molecule has 3 N–H and O–H groups in total. The molecule has 0 aliphatic heterocycles. The third-order valence-corrected chi connectivity index (χ3v) is 4.72. The molecule has 16 heavy (non-hydrogen) atoms. The van der Waals surface area contributed by atoms with Crippen LogP contribution in [0.1, 0.15) is 59.3 Å². The third kappa shape index (κ3) is 2.60. The van der Waals surface area contributed by atoms with Crippen LogP contribution in [0.3, 0.4) is 0 Å². The van der Waals surface area contributed by atoms with Gasteiger partial charge in [0.05, 0.1) is 0 Å². The first kappa shape index (κ1) is 12.4. The summed E-state index contributed by atoms with van der Waals surface area (Å²) in [7, 11) is 0. The van der Waals surface area contributed by atoms with Crippen LogP contribution in [0.4, 0.5) is 0 Å². The minimum atomic E-state index is 0.268. The Morgan fingerprint density at radius 2 is 1.94 bits per heavy atom. The molecule has 0 amide bonds. The topological polar surface area (TPSA) is 38.0 Å². The van der Waals surface area contributed by atoms with Crippen molar-refractivity contribution in [2.45, 2.75) is 70.9 Å². The maximum atomic E-state index is 6.01.